The van der Waals surface area contributed by atoms with Crippen LogP contribution >= 0.6 is 11.3 Å². The first-order chi connectivity index (χ1) is 13.2. The molecule has 0 fully saturated rings. The molecule has 0 radical (unpaired) electrons. The van der Waals surface area contributed by atoms with Crippen LogP contribution in [0.4, 0.5) is 17.2 Å². The molecule has 8 nitrogen and oxygen atoms in total. The van der Waals surface area contributed by atoms with Gasteiger partial charge in [-0.1, -0.05) is 23.4 Å². The summed E-state index contributed by atoms with van der Waals surface area (Å²) in [6.45, 7) is 1.46. The van der Waals surface area contributed by atoms with Crippen LogP contribution in [0.1, 0.15) is 6.92 Å². The number of nitrogens with zero attached hydrogens (tertiary/aromatic N) is 4. The summed E-state index contributed by atoms with van der Waals surface area (Å²) in [5, 5.41) is 12.0. The summed E-state index contributed by atoms with van der Waals surface area (Å²) in [6.07, 6.45) is 3.02. The molecule has 0 saturated heterocycles. The number of benzene rings is 1. The average Bonchev–Trinajstić information content (AvgIpc) is 3.35. The molecule has 9 heteroatoms. The number of rotatable bonds is 5. The van der Waals surface area contributed by atoms with Crippen LogP contribution in [0, 0.1) is 0 Å². The Kier molecular flexibility index (Phi) is 4.58. The number of hydrogen-bond donors (Lipinski definition) is 2. The lowest BCUT2D eigenvalue weighted by molar-refractivity contribution is -0.114. The highest BCUT2D eigenvalue weighted by atomic mass is 32.1. The van der Waals surface area contributed by atoms with Crippen LogP contribution in [0.25, 0.3) is 22.2 Å². The van der Waals surface area contributed by atoms with E-state index in [2.05, 4.69) is 30.7 Å². The second-order valence-electron chi connectivity index (χ2n) is 5.54. The SMILES string of the molecule is CC(=O)Nc1ccccc1Nc1ncncc1-c1nc(-c2cccs2)no1. The van der Waals surface area contributed by atoms with Crippen molar-refractivity contribution in [1.29, 1.82) is 0 Å². The largest absolute Gasteiger partial charge is 0.338 e. The van der Waals surface area contributed by atoms with E-state index in [1.54, 1.807) is 12.3 Å². The van der Waals surface area contributed by atoms with Crippen molar-refractivity contribution in [3.8, 4) is 22.2 Å². The standard InChI is InChI=1S/C18H14N6O2S/c1-11(25)21-13-5-2-3-6-14(13)22-16-12(9-19-10-20-16)18-23-17(24-26-18)15-7-4-8-27-15/h2-10H,1H3,(H,21,25)(H,19,20,22). The number of carbonyl (C=O) groups excluding carboxylic acids is 1. The Morgan fingerprint density at radius 2 is 2.00 bits per heavy atom. The van der Waals surface area contributed by atoms with E-state index in [-0.39, 0.29) is 5.91 Å². The number of para-hydroxylation sites is 2. The lowest BCUT2D eigenvalue weighted by atomic mass is 10.2. The van der Waals surface area contributed by atoms with Gasteiger partial charge in [0, 0.05) is 13.1 Å². The van der Waals surface area contributed by atoms with E-state index >= 15 is 0 Å². The minimum Gasteiger partial charge on any atom is -0.338 e. The van der Waals surface area contributed by atoms with Gasteiger partial charge in [0.05, 0.1) is 16.3 Å². The van der Waals surface area contributed by atoms with E-state index in [4.69, 9.17) is 4.52 Å². The van der Waals surface area contributed by atoms with Crippen LogP contribution in [0.3, 0.4) is 0 Å². The molecule has 0 unspecified atom stereocenters. The molecule has 1 amide bonds. The van der Waals surface area contributed by atoms with E-state index in [9.17, 15) is 4.79 Å². The fourth-order valence-corrected chi connectivity index (χ4v) is 3.09. The number of anilines is 3. The molecule has 0 spiro atoms. The Balaban J connectivity index is 1.68. The maximum absolute atomic E-state index is 11.4. The monoisotopic (exact) mass is 378 g/mol. The summed E-state index contributed by atoms with van der Waals surface area (Å²) in [5.74, 6) is 1.14. The zero-order valence-corrected chi connectivity index (χ0v) is 15.0. The molecule has 2 N–H and O–H groups in total. The average molecular weight is 378 g/mol. The van der Waals surface area contributed by atoms with Gasteiger partial charge in [-0.15, -0.1) is 11.3 Å². The van der Waals surface area contributed by atoms with Gasteiger partial charge < -0.3 is 15.2 Å². The molecule has 0 aliphatic rings. The molecule has 4 rings (SSSR count). The Bertz CT molecular complexity index is 1080. The second-order valence-corrected chi connectivity index (χ2v) is 6.48. The Morgan fingerprint density at radius 3 is 2.78 bits per heavy atom. The highest BCUT2D eigenvalue weighted by Crippen LogP contribution is 2.31. The van der Waals surface area contributed by atoms with Crippen molar-refractivity contribution in [2.24, 2.45) is 0 Å². The van der Waals surface area contributed by atoms with E-state index in [1.165, 1.54) is 24.6 Å². The Hall–Kier alpha value is -3.59. The van der Waals surface area contributed by atoms with Gasteiger partial charge in [0.25, 0.3) is 5.89 Å². The molecule has 0 atom stereocenters. The third-order valence-electron chi connectivity index (χ3n) is 3.60. The highest BCUT2D eigenvalue weighted by Gasteiger charge is 2.17. The maximum Gasteiger partial charge on any atom is 0.263 e. The van der Waals surface area contributed by atoms with Crippen LogP contribution in [0.15, 0.2) is 58.8 Å². The van der Waals surface area contributed by atoms with Gasteiger partial charge in [-0.25, -0.2) is 9.97 Å². The molecule has 27 heavy (non-hydrogen) atoms. The zero-order valence-electron chi connectivity index (χ0n) is 14.2. The summed E-state index contributed by atoms with van der Waals surface area (Å²) >= 11 is 1.53. The van der Waals surface area contributed by atoms with Gasteiger partial charge in [0.1, 0.15) is 17.7 Å². The van der Waals surface area contributed by atoms with E-state index < -0.39 is 0 Å². The third-order valence-corrected chi connectivity index (χ3v) is 4.47. The van der Waals surface area contributed by atoms with Crippen molar-refractivity contribution < 1.29 is 9.32 Å². The Morgan fingerprint density at radius 1 is 1.15 bits per heavy atom. The third kappa shape index (κ3) is 3.67. The van der Waals surface area contributed by atoms with Gasteiger partial charge in [-0.3, -0.25) is 4.79 Å². The number of hydrogen-bond acceptors (Lipinski definition) is 8. The predicted octanol–water partition coefficient (Wildman–Crippen LogP) is 3.96. The van der Waals surface area contributed by atoms with Crippen molar-refractivity contribution >= 4 is 34.4 Å². The minimum atomic E-state index is -0.162. The van der Waals surface area contributed by atoms with Gasteiger partial charge in [0.15, 0.2) is 0 Å². The number of nitrogens with one attached hydrogen (secondary N) is 2. The number of carbonyl (C=O) groups is 1. The molecule has 0 aliphatic carbocycles. The van der Waals surface area contributed by atoms with Crippen LogP contribution in [-0.4, -0.2) is 26.0 Å². The van der Waals surface area contributed by atoms with Crippen molar-refractivity contribution in [3.63, 3.8) is 0 Å². The Labute approximate surface area is 158 Å². The molecule has 0 saturated carbocycles. The molecule has 0 bridgehead atoms. The first kappa shape index (κ1) is 16.9. The van der Waals surface area contributed by atoms with Crippen LogP contribution in [-0.2, 0) is 4.79 Å². The summed E-state index contributed by atoms with van der Waals surface area (Å²) in [6, 6.07) is 11.2. The fraction of sp³-hybridized carbons (Fsp3) is 0.0556. The fourth-order valence-electron chi connectivity index (χ4n) is 2.44. The van der Waals surface area contributed by atoms with Crippen molar-refractivity contribution in [3.05, 3.63) is 54.3 Å². The van der Waals surface area contributed by atoms with Crippen molar-refractivity contribution in [2.45, 2.75) is 6.92 Å². The lowest BCUT2D eigenvalue weighted by Crippen LogP contribution is -2.08. The van der Waals surface area contributed by atoms with Crippen molar-refractivity contribution in [1.82, 2.24) is 20.1 Å². The summed E-state index contributed by atoms with van der Waals surface area (Å²) in [7, 11) is 0. The van der Waals surface area contributed by atoms with Crippen LogP contribution < -0.4 is 10.6 Å². The molecule has 1 aromatic carbocycles. The first-order valence-electron chi connectivity index (χ1n) is 8.02. The molecule has 134 valence electrons. The zero-order chi connectivity index (χ0) is 18.6. The van der Waals surface area contributed by atoms with E-state index in [0.29, 0.717) is 34.5 Å². The van der Waals surface area contributed by atoms with Gasteiger partial charge in [-0.2, -0.15) is 4.98 Å². The second kappa shape index (κ2) is 7.34. The number of amides is 1. The number of thiophene rings is 1. The van der Waals surface area contributed by atoms with Gasteiger partial charge in [-0.05, 0) is 23.6 Å². The maximum atomic E-state index is 11.4. The molecule has 3 aromatic heterocycles. The summed E-state index contributed by atoms with van der Waals surface area (Å²) in [4.78, 5) is 25.1. The van der Waals surface area contributed by atoms with E-state index in [1.807, 2.05) is 35.7 Å². The molecule has 4 aromatic rings. The topological polar surface area (TPSA) is 106 Å². The first-order valence-corrected chi connectivity index (χ1v) is 8.90. The summed E-state index contributed by atoms with van der Waals surface area (Å²) in [5.41, 5.74) is 1.88. The molecule has 3 heterocycles. The van der Waals surface area contributed by atoms with Gasteiger partial charge >= 0.3 is 0 Å². The van der Waals surface area contributed by atoms with Gasteiger partial charge in [0.2, 0.25) is 11.7 Å². The highest BCUT2D eigenvalue weighted by molar-refractivity contribution is 7.13. The normalized spacial score (nSPS) is 10.6. The molecule has 0 aliphatic heterocycles. The molecular weight excluding hydrogens is 364 g/mol. The minimum absolute atomic E-state index is 0.162. The quantitative estimate of drug-likeness (QED) is 0.541. The van der Waals surface area contributed by atoms with Crippen LogP contribution in [0.2, 0.25) is 0 Å². The smallest absolute Gasteiger partial charge is 0.263 e. The summed E-state index contributed by atoms with van der Waals surface area (Å²) < 4.78 is 5.40. The lowest BCUT2D eigenvalue weighted by Gasteiger charge is -2.12. The van der Waals surface area contributed by atoms with E-state index in [0.717, 1.165) is 4.88 Å². The van der Waals surface area contributed by atoms with Crippen molar-refractivity contribution in [2.75, 3.05) is 10.6 Å². The predicted molar refractivity (Wildman–Crippen MR) is 103 cm³/mol. The molecular formula is C18H14N6O2S. The van der Waals surface area contributed by atoms with Crippen LogP contribution in [0.5, 0.6) is 0 Å². The number of aromatic nitrogens is 4.